The molecular formula is C19H26N4O3S2. The molecule has 2 aliphatic heterocycles. The minimum atomic E-state index is -3.29. The highest BCUT2D eigenvalue weighted by molar-refractivity contribution is 7.99. The number of para-hydroxylation sites is 1. The van der Waals surface area contributed by atoms with Gasteiger partial charge in [0, 0.05) is 49.5 Å². The second-order valence-corrected chi connectivity index (χ2v) is 10.1. The van der Waals surface area contributed by atoms with E-state index < -0.39 is 9.84 Å². The molecule has 0 bridgehead atoms. The molecule has 28 heavy (non-hydrogen) atoms. The summed E-state index contributed by atoms with van der Waals surface area (Å²) in [5, 5.41) is 0. The minimum Gasteiger partial charge on any atom is -0.402 e. The molecule has 3 rings (SSSR count). The van der Waals surface area contributed by atoms with Gasteiger partial charge in [0.15, 0.2) is 9.84 Å². The molecule has 0 spiro atoms. The zero-order valence-electron chi connectivity index (χ0n) is 16.2. The zero-order chi connectivity index (χ0) is 20.3. The molecule has 152 valence electrons. The van der Waals surface area contributed by atoms with E-state index in [-0.39, 0.29) is 5.91 Å². The van der Waals surface area contributed by atoms with Crippen molar-refractivity contribution in [1.29, 1.82) is 0 Å². The molecule has 2 aliphatic rings. The number of carbonyl (C=O) groups excluding carboxylic acids is 1. The summed E-state index contributed by atoms with van der Waals surface area (Å²) in [4.78, 5) is 21.2. The van der Waals surface area contributed by atoms with Crippen LogP contribution in [0.3, 0.4) is 0 Å². The quantitative estimate of drug-likeness (QED) is 0.582. The number of rotatable bonds is 3. The zero-order valence-corrected chi connectivity index (χ0v) is 17.9. The summed E-state index contributed by atoms with van der Waals surface area (Å²) in [7, 11) is -3.29. The average Bonchev–Trinajstić information content (AvgIpc) is 2.67. The van der Waals surface area contributed by atoms with Gasteiger partial charge in [-0.3, -0.25) is 4.79 Å². The van der Waals surface area contributed by atoms with E-state index in [9.17, 15) is 13.2 Å². The van der Waals surface area contributed by atoms with Crippen LogP contribution < -0.4 is 10.6 Å². The van der Waals surface area contributed by atoms with Crippen molar-refractivity contribution in [2.75, 3.05) is 48.8 Å². The third-order valence-corrected chi connectivity index (χ3v) is 7.14. The predicted octanol–water partition coefficient (Wildman–Crippen LogP) is 1.51. The summed E-state index contributed by atoms with van der Waals surface area (Å²) in [5.41, 5.74) is 7.98. The molecule has 0 saturated carbocycles. The Morgan fingerprint density at radius 1 is 1.18 bits per heavy atom. The number of nitrogens with zero attached hydrogens (tertiary/aromatic N) is 3. The van der Waals surface area contributed by atoms with Crippen molar-refractivity contribution in [3.63, 3.8) is 0 Å². The van der Waals surface area contributed by atoms with E-state index in [1.165, 1.54) is 6.26 Å². The number of thioether (sulfide) groups is 1. The lowest BCUT2D eigenvalue weighted by atomic mass is 10.2. The topological polar surface area (TPSA) is 96.1 Å². The maximum absolute atomic E-state index is 12.5. The predicted molar refractivity (Wildman–Crippen MR) is 115 cm³/mol. The number of sulfone groups is 1. The van der Waals surface area contributed by atoms with Crippen molar-refractivity contribution in [2.24, 2.45) is 10.7 Å². The fourth-order valence-corrected chi connectivity index (χ4v) is 5.31. The number of nitrogens with two attached hydrogens (primary N) is 1. The third-order valence-electron chi connectivity index (χ3n) is 5.01. The van der Waals surface area contributed by atoms with E-state index in [2.05, 4.69) is 14.8 Å². The molecule has 0 aromatic heterocycles. The molecule has 1 aromatic rings. The number of anilines is 1. The summed E-state index contributed by atoms with van der Waals surface area (Å²) < 4.78 is 24.1. The Balaban J connectivity index is 1.68. The van der Waals surface area contributed by atoms with Crippen LogP contribution in [0.5, 0.6) is 0 Å². The van der Waals surface area contributed by atoms with Gasteiger partial charge >= 0.3 is 0 Å². The third kappa shape index (κ3) is 4.70. The first kappa shape index (κ1) is 20.7. The van der Waals surface area contributed by atoms with E-state index in [0.717, 1.165) is 17.9 Å². The van der Waals surface area contributed by atoms with Crippen LogP contribution in [0.25, 0.3) is 0 Å². The number of hydrogen-bond acceptors (Lipinski definition) is 6. The number of allylic oxidation sites excluding steroid dienone is 1. The summed E-state index contributed by atoms with van der Waals surface area (Å²) in [5.74, 6) is 2.00. The lowest BCUT2D eigenvalue weighted by Gasteiger charge is -2.37. The standard InChI is InChI=1S/C19H26N4O3S2/c1-14(21-19(24)15-13-27-12-7-16(15)20)22-8-10-23(11-9-22)17-5-3-4-6-18(17)28(2,25)26/h3-6H,7-13,20H2,1-2H3. The normalized spacial score (nSPS) is 19.1. The summed E-state index contributed by atoms with van der Waals surface area (Å²) in [6, 6.07) is 7.07. The van der Waals surface area contributed by atoms with Gasteiger partial charge < -0.3 is 15.5 Å². The Labute approximate surface area is 170 Å². The van der Waals surface area contributed by atoms with Crippen molar-refractivity contribution in [3.8, 4) is 0 Å². The lowest BCUT2D eigenvalue weighted by molar-refractivity contribution is -0.114. The Morgan fingerprint density at radius 3 is 2.50 bits per heavy atom. The molecule has 1 saturated heterocycles. The van der Waals surface area contributed by atoms with Gasteiger partial charge in [-0.15, -0.1) is 0 Å². The van der Waals surface area contributed by atoms with Crippen LogP contribution >= 0.6 is 11.8 Å². The van der Waals surface area contributed by atoms with Gasteiger partial charge in [0.05, 0.1) is 10.6 Å². The van der Waals surface area contributed by atoms with Crippen LogP contribution in [-0.2, 0) is 14.6 Å². The Bertz CT molecular complexity index is 917. The Hall–Kier alpha value is -2.00. The van der Waals surface area contributed by atoms with Crippen molar-refractivity contribution >= 4 is 39.0 Å². The number of amides is 1. The number of piperazine rings is 1. The number of amidine groups is 1. The van der Waals surface area contributed by atoms with Gasteiger partial charge in [-0.25, -0.2) is 8.42 Å². The van der Waals surface area contributed by atoms with Gasteiger partial charge in [0.25, 0.3) is 5.91 Å². The Morgan fingerprint density at radius 2 is 1.86 bits per heavy atom. The Kier molecular flexibility index (Phi) is 6.34. The first-order chi connectivity index (χ1) is 13.3. The van der Waals surface area contributed by atoms with Crippen LogP contribution in [-0.4, -0.2) is 69.0 Å². The van der Waals surface area contributed by atoms with Crippen LogP contribution in [0, 0.1) is 0 Å². The monoisotopic (exact) mass is 422 g/mol. The van der Waals surface area contributed by atoms with E-state index in [1.807, 2.05) is 19.1 Å². The average molecular weight is 423 g/mol. The van der Waals surface area contributed by atoms with E-state index in [0.29, 0.717) is 53.9 Å². The van der Waals surface area contributed by atoms with Crippen molar-refractivity contribution in [1.82, 2.24) is 4.90 Å². The van der Waals surface area contributed by atoms with Crippen LogP contribution in [0.2, 0.25) is 0 Å². The molecule has 0 unspecified atom stereocenters. The molecule has 0 radical (unpaired) electrons. The minimum absolute atomic E-state index is 0.243. The second kappa shape index (κ2) is 8.57. The summed E-state index contributed by atoms with van der Waals surface area (Å²) >= 11 is 1.70. The van der Waals surface area contributed by atoms with E-state index in [1.54, 1.807) is 23.9 Å². The van der Waals surface area contributed by atoms with E-state index >= 15 is 0 Å². The molecule has 0 atom stereocenters. The number of carbonyl (C=O) groups is 1. The maximum atomic E-state index is 12.5. The first-order valence-electron chi connectivity index (χ1n) is 9.21. The molecule has 1 fully saturated rings. The fourth-order valence-electron chi connectivity index (χ4n) is 3.39. The van der Waals surface area contributed by atoms with Gasteiger partial charge in [-0.05, 0) is 31.2 Å². The van der Waals surface area contributed by atoms with Crippen LogP contribution in [0.1, 0.15) is 13.3 Å². The fraction of sp³-hybridized carbons (Fsp3) is 0.474. The largest absolute Gasteiger partial charge is 0.402 e. The number of aliphatic imine (C=N–C) groups is 1. The SMILES string of the molecule is CC(=NC(=O)C1=C(N)CCSC1)N1CCN(c2ccccc2S(C)(=O)=O)CC1. The highest BCUT2D eigenvalue weighted by Gasteiger charge is 2.24. The van der Waals surface area contributed by atoms with Crippen molar-refractivity contribution in [2.45, 2.75) is 18.2 Å². The molecule has 9 heteroatoms. The highest BCUT2D eigenvalue weighted by Crippen LogP contribution is 2.26. The van der Waals surface area contributed by atoms with Gasteiger partial charge in [0.2, 0.25) is 0 Å². The highest BCUT2D eigenvalue weighted by atomic mass is 32.2. The van der Waals surface area contributed by atoms with Gasteiger partial charge in [-0.1, -0.05) is 12.1 Å². The molecule has 2 heterocycles. The number of hydrogen-bond donors (Lipinski definition) is 1. The molecule has 0 aliphatic carbocycles. The lowest BCUT2D eigenvalue weighted by Crippen LogP contribution is -2.48. The summed E-state index contributed by atoms with van der Waals surface area (Å²) in [6.45, 7) is 4.50. The van der Waals surface area contributed by atoms with Crippen LogP contribution in [0.4, 0.5) is 5.69 Å². The summed E-state index contributed by atoms with van der Waals surface area (Å²) in [6.07, 6.45) is 1.97. The van der Waals surface area contributed by atoms with Gasteiger partial charge in [-0.2, -0.15) is 16.8 Å². The van der Waals surface area contributed by atoms with E-state index in [4.69, 9.17) is 5.73 Å². The smallest absolute Gasteiger partial charge is 0.277 e. The molecule has 1 aromatic carbocycles. The molecule has 1 amide bonds. The van der Waals surface area contributed by atoms with Crippen LogP contribution in [0.15, 0.2) is 45.4 Å². The van der Waals surface area contributed by atoms with Crippen molar-refractivity contribution in [3.05, 3.63) is 35.5 Å². The maximum Gasteiger partial charge on any atom is 0.277 e. The first-order valence-corrected chi connectivity index (χ1v) is 12.3. The molecule has 7 nitrogen and oxygen atoms in total. The van der Waals surface area contributed by atoms with Crippen molar-refractivity contribution < 1.29 is 13.2 Å². The molecular weight excluding hydrogens is 396 g/mol. The van der Waals surface area contributed by atoms with Gasteiger partial charge in [0.1, 0.15) is 5.84 Å². The molecule has 2 N–H and O–H groups in total. The number of benzene rings is 1. The second-order valence-electron chi connectivity index (χ2n) is 6.98.